The molecule has 0 radical (unpaired) electrons. The number of nitrogens with one attached hydrogen (secondary N) is 1. The number of carbonyl (C=O) groups excluding carboxylic acids is 2. The fraction of sp³-hybridized carbons (Fsp3) is 0.263. The Balaban J connectivity index is 1.49. The molecule has 0 aromatic heterocycles. The molecule has 0 saturated carbocycles. The van der Waals surface area contributed by atoms with E-state index >= 15 is 0 Å². The number of nitrogens with zero attached hydrogens (tertiary/aromatic N) is 2. The van der Waals surface area contributed by atoms with Gasteiger partial charge in [-0.25, -0.2) is 0 Å². The van der Waals surface area contributed by atoms with Gasteiger partial charge in [0.2, 0.25) is 0 Å². The third kappa shape index (κ3) is 4.81. The quantitative estimate of drug-likeness (QED) is 0.859. The zero-order chi connectivity index (χ0) is 17.6. The largest absolute Gasteiger partial charge is 0.332 e. The molecule has 0 spiro atoms. The highest BCUT2D eigenvalue weighted by molar-refractivity contribution is 6.39. The summed E-state index contributed by atoms with van der Waals surface area (Å²) in [4.78, 5) is 28.3. The fourth-order valence-corrected chi connectivity index (χ4v) is 2.94. The Hall–Kier alpha value is -2.37. The first-order valence-electron chi connectivity index (χ1n) is 8.24. The van der Waals surface area contributed by atoms with Gasteiger partial charge < -0.3 is 10.2 Å². The van der Waals surface area contributed by atoms with Crippen molar-refractivity contribution in [3.05, 3.63) is 65.2 Å². The average Bonchev–Trinajstić information content (AvgIpc) is 2.64. The van der Waals surface area contributed by atoms with E-state index in [9.17, 15) is 9.59 Å². The average molecular weight is 358 g/mol. The van der Waals surface area contributed by atoms with Crippen LogP contribution >= 0.6 is 11.6 Å². The molecule has 25 heavy (non-hydrogen) atoms. The lowest BCUT2D eigenvalue weighted by Gasteiger charge is -2.34. The molecule has 0 atom stereocenters. The molecular weight excluding hydrogens is 338 g/mol. The summed E-state index contributed by atoms with van der Waals surface area (Å²) in [6, 6.07) is 16.9. The maximum Gasteiger partial charge on any atom is 0.313 e. The van der Waals surface area contributed by atoms with Crippen molar-refractivity contribution in [2.45, 2.75) is 6.54 Å². The summed E-state index contributed by atoms with van der Waals surface area (Å²) in [5.41, 5.74) is 1.81. The molecule has 0 bridgehead atoms. The summed E-state index contributed by atoms with van der Waals surface area (Å²) in [6.07, 6.45) is 0. The van der Waals surface area contributed by atoms with Gasteiger partial charge in [0.15, 0.2) is 0 Å². The molecule has 3 rings (SSSR count). The standard InChI is InChI=1S/C19H20ClN3O2/c20-16-6-8-17(9-7-16)21-18(24)19(25)23-12-10-22(11-13-23)14-15-4-2-1-3-5-15/h1-9H,10-14H2,(H,21,24). The van der Waals surface area contributed by atoms with Crippen LogP contribution in [0.25, 0.3) is 0 Å². The van der Waals surface area contributed by atoms with Crippen LogP contribution < -0.4 is 5.32 Å². The maximum atomic E-state index is 12.3. The van der Waals surface area contributed by atoms with E-state index in [1.165, 1.54) is 5.56 Å². The van der Waals surface area contributed by atoms with E-state index < -0.39 is 11.8 Å². The fourth-order valence-electron chi connectivity index (χ4n) is 2.81. The molecule has 130 valence electrons. The van der Waals surface area contributed by atoms with Gasteiger partial charge in [-0.15, -0.1) is 0 Å². The minimum absolute atomic E-state index is 0.491. The van der Waals surface area contributed by atoms with Crippen LogP contribution in [0, 0.1) is 0 Å². The third-order valence-electron chi connectivity index (χ3n) is 4.20. The number of halogens is 1. The zero-order valence-corrected chi connectivity index (χ0v) is 14.6. The van der Waals surface area contributed by atoms with Crippen molar-refractivity contribution in [1.82, 2.24) is 9.80 Å². The summed E-state index contributed by atoms with van der Waals surface area (Å²) < 4.78 is 0. The highest BCUT2D eigenvalue weighted by Gasteiger charge is 2.26. The van der Waals surface area contributed by atoms with Crippen LogP contribution in [0.2, 0.25) is 5.02 Å². The maximum absolute atomic E-state index is 12.3. The number of benzene rings is 2. The summed E-state index contributed by atoms with van der Waals surface area (Å²) in [6.45, 7) is 3.49. The van der Waals surface area contributed by atoms with E-state index in [1.807, 2.05) is 18.2 Å². The Morgan fingerprint density at radius 1 is 0.920 bits per heavy atom. The second-order valence-electron chi connectivity index (χ2n) is 6.01. The SMILES string of the molecule is O=C(Nc1ccc(Cl)cc1)C(=O)N1CCN(Cc2ccccc2)CC1. The van der Waals surface area contributed by atoms with E-state index in [-0.39, 0.29) is 0 Å². The van der Waals surface area contributed by atoms with Crippen molar-refractivity contribution in [2.24, 2.45) is 0 Å². The molecule has 0 aliphatic carbocycles. The van der Waals surface area contributed by atoms with Crippen molar-refractivity contribution in [1.29, 1.82) is 0 Å². The number of hydrogen-bond acceptors (Lipinski definition) is 3. The molecule has 1 saturated heterocycles. The first-order valence-corrected chi connectivity index (χ1v) is 8.62. The van der Waals surface area contributed by atoms with Gasteiger partial charge in [0.1, 0.15) is 0 Å². The topological polar surface area (TPSA) is 52.7 Å². The van der Waals surface area contributed by atoms with E-state index in [2.05, 4.69) is 22.3 Å². The Labute approximate surface area is 152 Å². The van der Waals surface area contributed by atoms with E-state index in [1.54, 1.807) is 29.2 Å². The zero-order valence-electron chi connectivity index (χ0n) is 13.8. The predicted octanol–water partition coefficient (Wildman–Crippen LogP) is 2.62. The van der Waals surface area contributed by atoms with Crippen LogP contribution in [0.3, 0.4) is 0 Å². The number of rotatable bonds is 3. The summed E-state index contributed by atoms with van der Waals surface area (Å²) >= 11 is 5.81. The van der Waals surface area contributed by atoms with Crippen LogP contribution in [-0.4, -0.2) is 47.8 Å². The normalized spacial score (nSPS) is 15.0. The van der Waals surface area contributed by atoms with Crippen LogP contribution in [0.4, 0.5) is 5.69 Å². The molecule has 1 aliphatic heterocycles. The minimum atomic E-state index is -0.612. The first-order chi connectivity index (χ1) is 12.1. The van der Waals surface area contributed by atoms with Crippen LogP contribution in [0.1, 0.15) is 5.56 Å². The molecule has 0 unspecified atom stereocenters. The van der Waals surface area contributed by atoms with E-state index in [0.29, 0.717) is 23.8 Å². The molecule has 1 heterocycles. The van der Waals surface area contributed by atoms with Crippen LogP contribution in [0.5, 0.6) is 0 Å². The summed E-state index contributed by atoms with van der Waals surface area (Å²) in [7, 11) is 0. The van der Waals surface area contributed by atoms with Gasteiger partial charge in [0.05, 0.1) is 0 Å². The molecule has 2 aromatic rings. The van der Waals surface area contributed by atoms with Crippen molar-refractivity contribution in [3.8, 4) is 0 Å². The second-order valence-corrected chi connectivity index (χ2v) is 6.45. The van der Waals surface area contributed by atoms with Crippen molar-refractivity contribution < 1.29 is 9.59 Å². The lowest BCUT2D eigenvalue weighted by atomic mass is 10.2. The molecule has 5 nitrogen and oxygen atoms in total. The molecule has 6 heteroatoms. The smallest absolute Gasteiger partial charge is 0.313 e. The van der Waals surface area contributed by atoms with Crippen molar-refractivity contribution in [2.75, 3.05) is 31.5 Å². The van der Waals surface area contributed by atoms with Crippen molar-refractivity contribution >= 4 is 29.1 Å². The highest BCUT2D eigenvalue weighted by atomic mass is 35.5. The minimum Gasteiger partial charge on any atom is -0.332 e. The van der Waals surface area contributed by atoms with Gasteiger partial charge in [0.25, 0.3) is 0 Å². The molecular formula is C19H20ClN3O2. The highest BCUT2D eigenvalue weighted by Crippen LogP contribution is 2.14. The lowest BCUT2D eigenvalue weighted by Crippen LogP contribution is -2.51. The van der Waals surface area contributed by atoms with E-state index in [0.717, 1.165) is 19.6 Å². The number of hydrogen-bond donors (Lipinski definition) is 1. The van der Waals surface area contributed by atoms with Gasteiger partial charge in [-0.05, 0) is 29.8 Å². The first kappa shape index (κ1) is 17.5. The molecule has 1 N–H and O–H groups in total. The second kappa shape index (κ2) is 8.14. The Morgan fingerprint density at radius 3 is 2.20 bits per heavy atom. The molecule has 1 fully saturated rings. The van der Waals surface area contributed by atoms with Gasteiger partial charge in [-0.3, -0.25) is 14.5 Å². The van der Waals surface area contributed by atoms with E-state index in [4.69, 9.17) is 11.6 Å². The van der Waals surface area contributed by atoms with Gasteiger partial charge >= 0.3 is 11.8 Å². The third-order valence-corrected chi connectivity index (χ3v) is 4.46. The van der Waals surface area contributed by atoms with Crippen LogP contribution in [0.15, 0.2) is 54.6 Å². The number of carbonyl (C=O) groups is 2. The number of anilines is 1. The molecule has 2 aromatic carbocycles. The Kier molecular flexibility index (Phi) is 5.68. The number of piperazine rings is 1. The summed E-state index contributed by atoms with van der Waals surface area (Å²) in [5.74, 6) is -1.10. The number of amides is 2. The monoisotopic (exact) mass is 357 g/mol. The Bertz CT molecular complexity index is 726. The molecule has 2 amide bonds. The lowest BCUT2D eigenvalue weighted by molar-refractivity contribution is -0.144. The summed E-state index contributed by atoms with van der Waals surface area (Å²) in [5, 5.41) is 3.20. The van der Waals surface area contributed by atoms with Gasteiger partial charge in [-0.1, -0.05) is 41.9 Å². The predicted molar refractivity (Wildman–Crippen MR) is 98.4 cm³/mol. The Morgan fingerprint density at radius 2 is 1.56 bits per heavy atom. The van der Waals surface area contributed by atoms with Crippen molar-refractivity contribution in [3.63, 3.8) is 0 Å². The van der Waals surface area contributed by atoms with Gasteiger partial charge in [-0.2, -0.15) is 0 Å². The molecule has 1 aliphatic rings. The van der Waals surface area contributed by atoms with Crippen LogP contribution in [-0.2, 0) is 16.1 Å². The van der Waals surface area contributed by atoms with Gasteiger partial charge in [0, 0.05) is 43.4 Å².